The van der Waals surface area contributed by atoms with Crippen molar-refractivity contribution in [1.82, 2.24) is 25.5 Å². The first kappa shape index (κ1) is 15.4. The lowest BCUT2D eigenvalue weighted by Crippen LogP contribution is -2.24. The fraction of sp³-hybridized carbons (Fsp3) is 0.462. The number of tetrazole rings is 1. The minimum Gasteiger partial charge on any atom is -0.310 e. The summed E-state index contributed by atoms with van der Waals surface area (Å²) in [6.07, 6.45) is -3.97. The quantitative estimate of drug-likeness (QED) is 0.919. The SMILES string of the molecule is CCNC(Cc1nnn(C)n1)c1cccc(C(F)(F)F)c1. The molecular formula is C13H16F3N5. The van der Waals surface area contributed by atoms with Gasteiger partial charge in [-0.15, -0.1) is 10.2 Å². The van der Waals surface area contributed by atoms with E-state index in [2.05, 4.69) is 20.7 Å². The van der Waals surface area contributed by atoms with Gasteiger partial charge in [0.15, 0.2) is 5.82 Å². The maximum Gasteiger partial charge on any atom is 0.416 e. The van der Waals surface area contributed by atoms with Crippen molar-refractivity contribution in [1.29, 1.82) is 0 Å². The fourth-order valence-corrected chi connectivity index (χ4v) is 2.07. The Labute approximate surface area is 120 Å². The summed E-state index contributed by atoms with van der Waals surface area (Å²) in [5.41, 5.74) is -0.103. The molecule has 2 aromatic rings. The van der Waals surface area contributed by atoms with Crippen molar-refractivity contribution in [2.75, 3.05) is 6.54 Å². The molecule has 0 saturated carbocycles. The van der Waals surface area contributed by atoms with E-state index >= 15 is 0 Å². The number of rotatable bonds is 5. The summed E-state index contributed by atoms with van der Waals surface area (Å²) in [7, 11) is 1.64. The zero-order valence-corrected chi connectivity index (χ0v) is 11.7. The van der Waals surface area contributed by atoms with E-state index in [4.69, 9.17) is 0 Å². The molecule has 0 radical (unpaired) electrons. The molecule has 114 valence electrons. The van der Waals surface area contributed by atoms with Gasteiger partial charge in [0.05, 0.1) is 12.6 Å². The van der Waals surface area contributed by atoms with E-state index in [-0.39, 0.29) is 6.04 Å². The van der Waals surface area contributed by atoms with E-state index in [1.54, 1.807) is 13.1 Å². The molecule has 0 saturated heterocycles. The molecule has 0 spiro atoms. The Bertz CT molecular complexity index is 593. The molecule has 2 rings (SSSR count). The van der Waals surface area contributed by atoms with E-state index < -0.39 is 11.7 Å². The molecule has 0 aliphatic carbocycles. The normalized spacial score (nSPS) is 13.4. The van der Waals surface area contributed by atoms with E-state index in [0.717, 1.165) is 12.1 Å². The van der Waals surface area contributed by atoms with Crippen LogP contribution < -0.4 is 5.32 Å². The lowest BCUT2D eigenvalue weighted by atomic mass is 10.0. The summed E-state index contributed by atoms with van der Waals surface area (Å²) in [4.78, 5) is 1.32. The number of likely N-dealkylation sites (N-methyl/N-ethyl adjacent to an activating group) is 1. The number of alkyl halides is 3. The molecule has 0 aliphatic rings. The van der Waals surface area contributed by atoms with Gasteiger partial charge in [-0.2, -0.15) is 18.0 Å². The Morgan fingerprint density at radius 2 is 2.10 bits per heavy atom. The maximum atomic E-state index is 12.8. The largest absolute Gasteiger partial charge is 0.416 e. The second kappa shape index (κ2) is 6.21. The minimum absolute atomic E-state index is 0.290. The van der Waals surface area contributed by atoms with Crippen molar-refractivity contribution in [3.05, 3.63) is 41.2 Å². The molecule has 0 bridgehead atoms. The lowest BCUT2D eigenvalue weighted by molar-refractivity contribution is -0.137. The summed E-state index contributed by atoms with van der Waals surface area (Å²) in [6.45, 7) is 2.52. The van der Waals surface area contributed by atoms with Crippen LogP contribution in [0.3, 0.4) is 0 Å². The molecule has 0 amide bonds. The van der Waals surface area contributed by atoms with Crippen molar-refractivity contribution in [3.8, 4) is 0 Å². The van der Waals surface area contributed by atoms with E-state index in [0.29, 0.717) is 24.4 Å². The molecule has 0 fully saturated rings. The number of nitrogens with one attached hydrogen (secondary N) is 1. The first-order valence-electron chi connectivity index (χ1n) is 6.53. The Hall–Kier alpha value is -1.96. The van der Waals surface area contributed by atoms with Crippen LogP contribution in [0.25, 0.3) is 0 Å². The summed E-state index contributed by atoms with van der Waals surface area (Å²) in [6, 6.07) is 5.00. The van der Waals surface area contributed by atoms with Gasteiger partial charge >= 0.3 is 6.18 Å². The number of halogens is 3. The third-order valence-electron chi connectivity index (χ3n) is 3.00. The second-order valence-electron chi connectivity index (χ2n) is 4.63. The summed E-state index contributed by atoms with van der Waals surface area (Å²) < 4.78 is 38.4. The molecule has 5 nitrogen and oxygen atoms in total. The molecule has 1 heterocycles. The lowest BCUT2D eigenvalue weighted by Gasteiger charge is -2.18. The maximum absolute atomic E-state index is 12.8. The number of hydrogen-bond acceptors (Lipinski definition) is 4. The smallest absolute Gasteiger partial charge is 0.310 e. The van der Waals surface area contributed by atoms with Crippen molar-refractivity contribution < 1.29 is 13.2 Å². The second-order valence-corrected chi connectivity index (χ2v) is 4.63. The number of aromatic nitrogens is 4. The monoisotopic (exact) mass is 299 g/mol. The fourth-order valence-electron chi connectivity index (χ4n) is 2.07. The third kappa shape index (κ3) is 4.01. The predicted molar refractivity (Wildman–Crippen MR) is 70.4 cm³/mol. The van der Waals surface area contributed by atoms with Gasteiger partial charge in [0, 0.05) is 12.5 Å². The number of aryl methyl sites for hydroxylation is 1. The van der Waals surface area contributed by atoms with Gasteiger partial charge in [-0.25, -0.2) is 0 Å². The molecule has 1 aromatic carbocycles. The molecule has 1 atom stereocenters. The zero-order valence-electron chi connectivity index (χ0n) is 11.7. The summed E-state index contributed by atoms with van der Waals surface area (Å²) >= 11 is 0. The number of nitrogens with zero attached hydrogens (tertiary/aromatic N) is 4. The van der Waals surface area contributed by atoms with Gasteiger partial charge in [0.2, 0.25) is 0 Å². The van der Waals surface area contributed by atoms with Crippen LogP contribution in [0.4, 0.5) is 13.2 Å². The Kier molecular flexibility index (Phi) is 4.56. The highest BCUT2D eigenvalue weighted by Crippen LogP contribution is 2.31. The molecule has 1 N–H and O–H groups in total. The van der Waals surface area contributed by atoms with Crippen LogP contribution in [0.15, 0.2) is 24.3 Å². The summed E-state index contributed by atoms with van der Waals surface area (Å²) in [5, 5.41) is 14.8. The van der Waals surface area contributed by atoms with Crippen LogP contribution in [-0.2, 0) is 19.6 Å². The van der Waals surface area contributed by atoms with Crippen molar-refractivity contribution in [3.63, 3.8) is 0 Å². The Morgan fingerprint density at radius 3 is 2.67 bits per heavy atom. The van der Waals surface area contributed by atoms with E-state index in [1.165, 1.54) is 10.9 Å². The van der Waals surface area contributed by atoms with Crippen molar-refractivity contribution >= 4 is 0 Å². The average molecular weight is 299 g/mol. The zero-order chi connectivity index (χ0) is 15.5. The molecule has 1 aromatic heterocycles. The highest BCUT2D eigenvalue weighted by Gasteiger charge is 2.31. The molecular weight excluding hydrogens is 283 g/mol. The van der Waals surface area contributed by atoms with Crippen LogP contribution in [0.2, 0.25) is 0 Å². The van der Waals surface area contributed by atoms with E-state index in [1.807, 2.05) is 6.92 Å². The van der Waals surface area contributed by atoms with Crippen molar-refractivity contribution in [2.45, 2.75) is 25.6 Å². The van der Waals surface area contributed by atoms with Gasteiger partial charge < -0.3 is 5.32 Å². The van der Waals surface area contributed by atoms with Crippen LogP contribution in [0.1, 0.15) is 29.9 Å². The molecule has 21 heavy (non-hydrogen) atoms. The summed E-state index contributed by atoms with van der Waals surface area (Å²) in [5.74, 6) is 0.487. The molecule has 1 unspecified atom stereocenters. The van der Waals surface area contributed by atoms with Crippen molar-refractivity contribution in [2.24, 2.45) is 7.05 Å². The third-order valence-corrected chi connectivity index (χ3v) is 3.00. The van der Waals surface area contributed by atoms with Gasteiger partial charge in [-0.05, 0) is 29.5 Å². The van der Waals surface area contributed by atoms with Gasteiger partial charge in [-0.1, -0.05) is 19.1 Å². The van der Waals surface area contributed by atoms with Gasteiger partial charge in [0.1, 0.15) is 0 Å². The van der Waals surface area contributed by atoms with Crippen LogP contribution >= 0.6 is 0 Å². The van der Waals surface area contributed by atoms with Gasteiger partial charge in [0.25, 0.3) is 0 Å². The standard InChI is InChI=1S/C13H16F3N5/c1-3-17-11(8-12-18-20-21(2)19-12)9-5-4-6-10(7-9)13(14,15)16/h4-7,11,17H,3,8H2,1-2H3. The molecule has 8 heteroatoms. The number of benzene rings is 1. The highest BCUT2D eigenvalue weighted by molar-refractivity contribution is 5.28. The topological polar surface area (TPSA) is 55.6 Å². The van der Waals surface area contributed by atoms with Gasteiger partial charge in [-0.3, -0.25) is 0 Å². The van der Waals surface area contributed by atoms with E-state index in [9.17, 15) is 13.2 Å². The van der Waals surface area contributed by atoms with Crippen LogP contribution in [-0.4, -0.2) is 26.8 Å². The minimum atomic E-state index is -4.35. The average Bonchev–Trinajstić information content (AvgIpc) is 2.83. The highest BCUT2D eigenvalue weighted by atomic mass is 19.4. The first-order valence-corrected chi connectivity index (χ1v) is 6.53. The van der Waals surface area contributed by atoms with Crippen LogP contribution in [0.5, 0.6) is 0 Å². The van der Waals surface area contributed by atoms with Crippen LogP contribution in [0, 0.1) is 0 Å². The molecule has 0 aliphatic heterocycles. The number of hydrogen-bond donors (Lipinski definition) is 1. The first-order chi connectivity index (χ1) is 9.90. The Morgan fingerprint density at radius 1 is 1.33 bits per heavy atom. The predicted octanol–water partition coefficient (Wildman–Crippen LogP) is 2.12. The Balaban J connectivity index is 2.25.